The second kappa shape index (κ2) is 6.74. The monoisotopic (exact) mass is 350 g/mol. The molecule has 4 aromatic rings. The molecule has 0 spiro atoms. The Hall–Kier alpha value is -3.19. The summed E-state index contributed by atoms with van der Waals surface area (Å²) >= 11 is 1.31. The van der Waals surface area contributed by atoms with Gasteiger partial charge in [-0.05, 0) is 18.2 Å². The van der Waals surface area contributed by atoms with Crippen molar-refractivity contribution in [2.45, 2.75) is 6.54 Å². The number of thiazole rings is 1. The number of rotatable bonds is 5. The molecule has 0 saturated heterocycles. The third kappa shape index (κ3) is 3.22. The van der Waals surface area contributed by atoms with Gasteiger partial charge in [-0.1, -0.05) is 30.3 Å². The van der Waals surface area contributed by atoms with Gasteiger partial charge in [0.1, 0.15) is 4.88 Å². The van der Waals surface area contributed by atoms with Crippen LogP contribution in [0, 0.1) is 0 Å². The molecular formula is C18H14N4O2S. The Balaban J connectivity index is 1.68. The number of nitrogens with one attached hydrogen (secondary N) is 2. The van der Waals surface area contributed by atoms with Crippen molar-refractivity contribution >= 4 is 17.2 Å². The minimum atomic E-state index is -0.177. The smallest absolute Gasteiger partial charge is 0.264 e. The molecule has 7 heteroatoms. The molecule has 0 radical (unpaired) electrons. The number of aromatic amines is 1. The van der Waals surface area contributed by atoms with Crippen molar-refractivity contribution in [3.63, 3.8) is 0 Å². The molecule has 2 N–H and O–H groups in total. The van der Waals surface area contributed by atoms with Crippen molar-refractivity contribution in [1.82, 2.24) is 20.5 Å². The molecular weight excluding hydrogens is 336 g/mol. The van der Waals surface area contributed by atoms with E-state index in [4.69, 9.17) is 4.42 Å². The van der Waals surface area contributed by atoms with E-state index in [-0.39, 0.29) is 5.91 Å². The third-order valence-electron chi connectivity index (χ3n) is 3.61. The Morgan fingerprint density at radius 2 is 2.04 bits per heavy atom. The van der Waals surface area contributed by atoms with Gasteiger partial charge in [0.25, 0.3) is 5.91 Å². The van der Waals surface area contributed by atoms with Crippen molar-refractivity contribution in [2.75, 3.05) is 0 Å². The van der Waals surface area contributed by atoms with Crippen LogP contribution in [0.25, 0.3) is 22.0 Å². The molecule has 0 aliphatic carbocycles. The van der Waals surface area contributed by atoms with Gasteiger partial charge in [0.2, 0.25) is 0 Å². The highest BCUT2D eigenvalue weighted by molar-refractivity contribution is 7.17. The van der Waals surface area contributed by atoms with Gasteiger partial charge in [-0.2, -0.15) is 5.10 Å². The Bertz CT molecular complexity index is 960. The summed E-state index contributed by atoms with van der Waals surface area (Å²) in [5, 5.41) is 10.3. The number of benzene rings is 1. The number of carbonyl (C=O) groups is 1. The van der Waals surface area contributed by atoms with Crippen molar-refractivity contribution in [3.8, 4) is 22.0 Å². The fourth-order valence-electron chi connectivity index (χ4n) is 2.41. The summed E-state index contributed by atoms with van der Waals surface area (Å²) in [7, 11) is 0. The zero-order chi connectivity index (χ0) is 17.1. The van der Waals surface area contributed by atoms with Crippen molar-refractivity contribution in [3.05, 3.63) is 71.6 Å². The first-order chi connectivity index (χ1) is 12.3. The van der Waals surface area contributed by atoms with Gasteiger partial charge in [0, 0.05) is 11.8 Å². The molecule has 0 atom stereocenters. The highest BCUT2D eigenvalue weighted by Gasteiger charge is 2.21. The van der Waals surface area contributed by atoms with Crippen LogP contribution < -0.4 is 5.32 Å². The lowest BCUT2D eigenvalue weighted by Crippen LogP contribution is -2.22. The first-order valence-corrected chi connectivity index (χ1v) is 8.49. The summed E-state index contributed by atoms with van der Waals surface area (Å²) in [6, 6.07) is 15.1. The number of furan rings is 1. The van der Waals surface area contributed by atoms with Crippen LogP contribution >= 0.6 is 11.3 Å². The van der Waals surface area contributed by atoms with E-state index in [1.165, 1.54) is 11.3 Å². The van der Waals surface area contributed by atoms with Crippen molar-refractivity contribution in [1.29, 1.82) is 0 Å². The van der Waals surface area contributed by atoms with Crippen LogP contribution in [-0.4, -0.2) is 21.1 Å². The van der Waals surface area contributed by atoms with Crippen LogP contribution in [0.15, 0.2) is 65.4 Å². The number of carbonyl (C=O) groups excluding carboxylic acids is 1. The molecule has 3 heterocycles. The molecule has 6 nitrogen and oxygen atoms in total. The van der Waals surface area contributed by atoms with E-state index in [0.717, 1.165) is 11.3 Å². The topological polar surface area (TPSA) is 83.8 Å². The predicted molar refractivity (Wildman–Crippen MR) is 95.0 cm³/mol. The second-order valence-corrected chi connectivity index (χ2v) is 6.30. The number of hydrogen-bond acceptors (Lipinski definition) is 5. The van der Waals surface area contributed by atoms with Gasteiger partial charge in [-0.3, -0.25) is 9.89 Å². The fraction of sp³-hybridized carbons (Fsp3) is 0.0556. The van der Waals surface area contributed by atoms with Crippen molar-refractivity contribution < 1.29 is 9.21 Å². The van der Waals surface area contributed by atoms with E-state index in [9.17, 15) is 4.79 Å². The van der Waals surface area contributed by atoms with E-state index in [0.29, 0.717) is 27.9 Å². The van der Waals surface area contributed by atoms with Gasteiger partial charge in [-0.25, -0.2) is 4.98 Å². The number of nitrogens with zero attached hydrogens (tertiary/aromatic N) is 2. The maximum Gasteiger partial charge on any atom is 0.264 e. The van der Waals surface area contributed by atoms with Gasteiger partial charge in [-0.15, -0.1) is 11.3 Å². The lowest BCUT2D eigenvalue weighted by molar-refractivity contribution is 0.0955. The van der Waals surface area contributed by atoms with E-state index in [1.54, 1.807) is 18.5 Å². The molecule has 4 rings (SSSR count). The van der Waals surface area contributed by atoms with Crippen LogP contribution in [0.1, 0.15) is 15.4 Å². The Morgan fingerprint density at radius 3 is 2.76 bits per heavy atom. The molecule has 1 aromatic carbocycles. The molecule has 0 saturated carbocycles. The number of H-pyrrole nitrogens is 1. The lowest BCUT2D eigenvalue weighted by atomic mass is 10.1. The average molecular weight is 350 g/mol. The summed E-state index contributed by atoms with van der Waals surface area (Å²) in [4.78, 5) is 17.9. The standard InChI is InChI=1S/C18H14N4O2S/c23-17(19-11-13-8-9-20-22-13)16-15(12-5-2-1-3-6-12)21-18(25-16)14-7-4-10-24-14/h1-10H,11H2,(H,19,23)(H,20,22). The first-order valence-electron chi connectivity index (χ1n) is 7.68. The zero-order valence-electron chi connectivity index (χ0n) is 13.1. The normalized spacial score (nSPS) is 10.7. The molecule has 0 aliphatic heterocycles. The third-order valence-corrected chi connectivity index (χ3v) is 4.68. The fourth-order valence-corrected chi connectivity index (χ4v) is 3.38. The summed E-state index contributed by atoms with van der Waals surface area (Å²) in [5.41, 5.74) is 2.38. The van der Waals surface area contributed by atoms with E-state index in [1.807, 2.05) is 42.5 Å². The Kier molecular flexibility index (Phi) is 4.14. The number of hydrogen-bond donors (Lipinski definition) is 2. The number of aromatic nitrogens is 3. The average Bonchev–Trinajstić information content (AvgIpc) is 3.41. The largest absolute Gasteiger partial charge is 0.462 e. The van der Waals surface area contributed by atoms with E-state index >= 15 is 0 Å². The minimum Gasteiger partial charge on any atom is -0.462 e. The molecule has 0 unspecified atom stereocenters. The molecule has 0 bridgehead atoms. The molecule has 0 aliphatic rings. The van der Waals surface area contributed by atoms with Crippen LogP contribution in [0.4, 0.5) is 0 Å². The van der Waals surface area contributed by atoms with Gasteiger partial charge >= 0.3 is 0 Å². The molecule has 124 valence electrons. The molecule has 25 heavy (non-hydrogen) atoms. The molecule has 3 aromatic heterocycles. The van der Waals surface area contributed by atoms with E-state index < -0.39 is 0 Å². The summed E-state index contributed by atoms with van der Waals surface area (Å²) in [5.74, 6) is 0.471. The minimum absolute atomic E-state index is 0.177. The predicted octanol–water partition coefficient (Wildman–Crippen LogP) is 3.72. The Labute approximate surface area is 147 Å². The van der Waals surface area contributed by atoms with Crippen LogP contribution in [0.5, 0.6) is 0 Å². The summed E-state index contributed by atoms with van der Waals surface area (Å²) in [6.45, 7) is 0.376. The number of amides is 1. The lowest BCUT2D eigenvalue weighted by Gasteiger charge is -2.04. The van der Waals surface area contributed by atoms with E-state index in [2.05, 4.69) is 20.5 Å². The maximum absolute atomic E-state index is 12.7. The van der Waals surface area contributed by atoms with Crippen molar-refractivity contribution in [2.24, 2.45) is 0 Å². The van der Waals surface area contributed by atoms with Crippen LogP contribution in [0.2, 0.25) is 0 Å². The quantitative estimate of drug-likeness (QED) is 0.574. The molecule has 1 amide bonds. The van der Waals surface area contributed by atoms with Gasteiger partial charge in [0.05, 0.1) is 24.2 Å². The van der Waals surface area contributed by atoms with Crippen LogP contribution in [-0.2, 0) is 6.54 Å². The first kappa shape index (κ1) is 15.3. The zero-order valence-corrected chi connectivity index (χ0v) is 13.9. The Morgan fingerprint density at radius 1 is 1.16 bits per heavy atom. The summed E-state index contributed by atoms with van der Waals surface area (Å²) < 4.78 is 5.43. The maximum atomic E-state index is 12.7. The molecule has 0 fully saturated rings. The summed E-state index contributed by atoms with van der Waals surface area (Å²) in [6.07, 6.45) is 3.25. The van der Waals surface area contributed by atoms with Gasteiger partial charge in [0.15, 0.2) is 10.8 Å². The highest BCUT2D eigenvalue weighted by Crippen LogP contribution is 2.34. The SMILES string of the molecule is O=C(NCc1ccn[nH]1)c1sc(-c2ccco2)nc1-c1ccccc1. The van der Waals surface area contributed by atoms with Crippen LogP contribution in [0.3, 0.4) is 0 Å². The highest BCUT2D eigenvalue weighted by atomic mass is 32.1. The second-order valence-electron chi connectivity index (χ2n) is 5.30. The van der Waals surface area contributed by atoms with Gasteiger partial charge < -0.3 is 9.73 Å².